The van der Waals surface area contributed by atoms with Gasteiger partial charge in [0.2, 0.25) is 5.89 Å². The fraction of sp³-hybridized carbons (Fsp3) is 0.444. The number of para-hydroxylation sites is 1. The Morgan fingerprint density at radius 2 is 2.00 bits per heavy atom. The third kappa shape index (κ3) is 6.93. The normalized spacial score (nSPS) is 11.0. The van der Waals surface area contributed by atoms with Crippen LogP contribution in [-0.2, 0) is 6.54 Å². The van der Waals surface area contributed by atoms with Gasteiger partial charge in [0.25, 0.3) is 0 Å². The maximum absolute atomic E-state index is 5.73. The molecule has 0 bridgehead atoms. The lowest BCUT2D eigenvalue weighted by Crippen LogP contribution is -2.40. The zero-order valence-electron chi connectivity index (χ0n) is 15.3. The number of aliphatic imine (C=N–C) groups is 1. The van der Waals surface area contributed by atoms with Crippen LogP contribution in [-0.4, -0.2) is 42.6 Å². The predicted octanol–water partition coefficient (Wildman–Crippen LogP) is 3.39. The Bertz CT molecular complexity index is 639. The fourth-order valence-electron chi connectivity index (χ4n) is 2.14. The number of aryl methyl sites for hydroxylation is 2. The zero-order valence-corrected chi connectivity index (χ0v) is 17.6. The lowest BCUT2D eigenvalue weighted by atomic mass is 10.3. The average Bonchev–Trinajstić information content (AvgIpc) is 2.90. The van der Waals surface area contributed by atoms with Gasteiger partial charge in [-0.1, -0.05) is 18.2 Å². The van der Waals surface area contributed by atoms with Crippen LogP contribution in [0.2, 0.25) is 0 Å². The summed E-state index contributed by atoms with van der Waals surface area (Å²) in [4.78, 5) is 11.0. The molecular weight excluding hydrogens is 431 g/mol. The van der Waals surface area contributed by atoms with Crippen molar-refractivity contribution in [2.75, 3.05) is 26.7 Å². The van der Waals surface area contributed by atoms with E-state index in [9.17, 15) is 0 Å². The quantitative estimate of drug-likeness (QED) is 0.392. The van der Waals surface area contributed by atoms with Crippen molar-refractivity contribution in [3.05, 3.63) is 47.7 Å². The van der Waals surface area contributed by atoms with Crippen LogP contribution < -0.4 is 10.1 Å². The van der Waals surface area contributed by atoms with Gasteiger partial charge in [0, 0.05) is 13.6 Å². The minimum Gasteiger partial charge on any atom is -0.492 e. The zero-order chi connectivity index (χ0) is 17.4. The van der Waals surface area contributed by atoms with Gasteiger partial charge in [-0.3, -0.25) is 0 Å². The standard InChI is InChI=1S/C18H26N4O2.HI/c1-5-19-18(20-13-17-21-14(2)15(3)24-17)22(4)11-12-23-16-9-7-6-8-10-16;/h6-10H,5,11-13H2,1-4H3,(H,19,20);1H. The Labute approximate surface area is 166 Å². The summed E-state index contributed by atoms with van der Waals surface area (Å²) in [5, 5.41) is 3.27. The molecule has 0 radical (unpaired) electrons. The highest BCUT2D eigenvalue weighted by Crippen LogP contribution is 2.10. The van der Waals surface area contributed by atoms with Gasteiger partial charge in [0.05, 0.1) is 12.2 Å². The van der Waals surface area contributed by atoms with E-state index in [1.54, 1.807) is 0 Å². The fourth-order valence-corrected chi connectivity index (χ4v) is 2.14. The molecular formula is C18H27IN4O2. The van der Waals surface area contributed by atoms with E-state index in [0.717, 1.165) is 36.3 Å². The lowest BCUT2D eigenvalue weighted by Gasteiger charge is -2.21. The predicted molar refractivity (Wildman–Crippen MR) is 111 cm³/mol. The Kier molecular flexibility index (Phi) is 9.33. The first kappa shape index (κ1) is 21.3. The van der Waals surface area contributed by atoms with Crippen LogP contribution >= 0.6 is 24.0 Å². The van der Waals surface area contributed by atoms with E-state index in [0.29, 0.717) is 19.0 Å². The van der Waals surface area contributed by atoms with Crippen molar-refractivity contribution < 1.29 is 9.15 Å². The summed E-state index contributed by atoms with van der Waals surface area (Å²) in [7, 11) is 1.99. The molecule has 1 N–H and O–H groups in total. The van der Waals surface area contributed by atoms with Crippen LogP contribution in [0.25, 0.3) is 0 Å². The molecule has 0 saturated carbocycles. The number of hydrogen-bond acceptors (Lipinski definition) is 4. The van der Waals surface area contributed by atoms with E-state index in [2.05, 4.69) is 15.3 Å². The number of nitrogens with one attached hydrogen (secondary N) is 1. The maximum Gasteiger partial charge on any atom is 0.216 e. The van der Waals surface area contributed by atoms with Crippen molar-refractivity contribution in [3.63, 3.8) is 0 Å². The van der Waals surface area contributed by atoms with Crippen LogP contribution in [0.1, 0.15) is 24.3 Å². The van der Waals surface area contributed by atoms with Crippen LogP contribution in [0.4, 0.5) is 0 Å². The van der Waals surface area contributed by atoms with Gasteiger partial charge in [-0.25, -0.2) is 9.98 Å². The molecule has 0 aliphatic rings. The van der Waals surface area contributed by atoms with E-state index in [1.165, 1.54) is 0 Å². The van der Waals surface area contributed by atoms with E-state index < -0.39 is 0 Å². The minimum absolute atomic E-state index is 0. The first-order valence-electron chi connectivity index (χ1n) is 8.20. The Balaban J connectivity index is 0.00000312. The van der Waals surface area contributed by atoms with Gasteiger partial charge in [0.1, 0.15) is 24.7 Å². The number of likely N-dealkylation sites (N-methyl/N-ethyl adjacent to an activating group) is 1. The molecule has 0 amide bonds. The van der Waals surface area contributed by atoms with E-state index >= 15 is 0 Å². The summed E-state index contributed by atoms with van der Waals surface area (Å²) in [5.41, 5.74) is 0.912. The summed E-state index contributed by atoms with van der Waals surface area (Å²) < 4.78 is 11.3. The first-order chi connectivity index (χ1) is 11.6. The van der Waals surface area contributed by atoms with Gasteiger partial charge in [0.15, 0.2) is 5.96 Å². The van der Waals surface area contributed by atoms with Crippen LogP contribution in [0.3, 0.4) is 0 Å². The van der Waals surface area contributed by atoms with Gasteiger partial charge >= 0.3 is 0 Å². The monoisotopic (exact) mass is 458 g/mol. The number of aromatic nitrogens is 1. The van der Waals surface area contributed by atoms with Crippen molar-refractivity contribution in [2.45, 2.75) is 27.3 Å². The topological polar surface area (TPSA) is 62.9 Å². The third-order valence-corrected chi connectivity index (χ3v) is 3.57. The lowest BCUT2D eigenvalue weighted by molar-refractivity contribution is 0.281. The molecule has 0 fully saturated rings. The molecule has 1 heterocycles. The highest BCUT2D eigenvalue weighted by molar-refractivity contribution is 14.0. The largest absolute Gasteiger partial charge is 0.492 e. The average molecular weight is 458 g/mol. The second-order valence-electron chi connectivity index (χ2n) is 5.50. The number of rotatable bonds is 7. The van der Waals surface area contributed by atoms with Crippen molar-refractivity contribution in [1.29, 1.82) is 0 Å². The molecule has 0 spiro atoms. The molecule has 2 aromatic rings. The molecule has 0 aliphatic carbocycles. The van der Waals surface area contributed by atoms with E-state index in [-0.39, 0.29) is 24.0 Å². The van der Waals surface area contributed by atoms with Crippen LogP contribution in [0.15, 0.2) is 39.7 Å². The minimum atomic E-state index is 0. The molecule has 0 atom stereocenters. The van der Waals surface area contributed by atoms with Gasteiger partial charge in [-0.15, -0.1) is 24.0 Å². The van der Waals surface area contributed by atoms with Crippen molar-refractivity contribution in [1.82, 2.24) is 15.2 Å². The van der Waals surface area contributed by atoms with Crippen molar-refractivity contribution >= 4 is 29.9 Å². The van der Waals surface area contributed by atoms with Gasteiger partial charge in [-0.2, -0.15) is 0 Å². The van der Waals surface area contributed by atoms with Crippen molar-refractivity contribution in [2.24, 2.45) is 4.99 Å². The molecule has 1 aromatic carbocycles. The summed E-state index contributed by atoms with van der Waals surface area (Å²) in [6, 6.07) is 9.80. The summed E-state index contributed by atoms with van der Waals surface area (Å²) in [5.74, 6) is 3.16. The number of nitrogens with zero attached hydrogens (tertiary/aromatic N) is 3. The second-order valence-corrected chi connectivity index (χ2v) is 5.50. The van der Waals surface area contributed by atoms with Crippen LogP contribution in [0.5, 0.6) is 5.75 Å². The molecule has 7 heteroatoms. The number of halogens is 1. The Morgan fingerprint density at radius 3 is 2.60 bits per heavy atom. The van der Waals surface area contributed by atoms with Crippen LogP contribution in [0, 0.1) is 13.8 Å². The van der Waals surface area contributed by atoms with E-state index in [1.807, 2.05) is 63.1 Å². The maximum atomic E-state index is 5.73. The molecule has 0 aliphatic heterocycles. The molecule has 2 rings (SSSR count). The molecule has 0 unspecified atom stereocenters. The number of benzene rings is 1. The van der Waals surface area contributed by atoms with E-state index in [4.69, 9.17) is 9.15 Å². The molecule has 1 aromatic heterocycles. The highest BCUT2D eigenvalue weighted by atomic mass is 127. The van der Waals surface area contributed by atoms with Gasteiger partial charge in [-0.05, 0) is 32.9 Å². The highest BCUT2D eigenvalue weighted by Gasteiger charge is 2.08. The van der Waals surface area contributed by atoms with Crippen molar-refractivity contribution in [3.8, 4) is 5.75 Å². The molecule has 6 nitrogen and oxygen atoms in total. The molecule has 25 heavy (non-hydrogen) atoms. The molecule has 0 saturated heterocycles. The number of ether oxygens (including phenoxy) is 1. The van der Waals surface area contributed by atoms with Gasteiger partial charge < -0.3 is 19.4 Å². The summed E-state index contributed by atoms with van der Waals surface area (Å²) >= 11 is 0. The summed E-state index contributed by atoms with van der Waals surface area (Å²) in [6.45, 7) is 8.42. The number of hydrogen-bond donors (Lipinski definition) is 1. The third-order valence-electron chi connectivity index (χ3n) is 3.57. The first-order valence-corrected chi connectivity index (χ1v) is 8.20. The summed E-state index contributed by atoms with van der Waals surface area (Å²) in [6.07, 6.45) is 0. The Morgan fingerprint density at radius 1 is 1.28 bits per heavy atom. The molecule has 138 valence electrons. The SMILES string of the molecule is CCNC(=NCc1nc(C)c(C)o1)N(C)CCOc1ccccc1.I. The second kappa shape index (κ2) is 11.0. The number of guanidine groups is 1. The smallest absolute Gasteiger partial charge is 0.216 e. The number of oxazole rings is 1. The Hall–Kier alpha value is -1.77.